The Hall–Kier alpha value is -3.51. The first-order chi connectivity index (χ1) is 16.5. The summed E-state index contributed by atoms with van der Waals surface area (Å²) in [6, 6.07) is 4.43. The van der Waals surface area contributed by atoms with E-state index in [0.717, 1.165) is 5.56 Å². The maximum atomic E-state index is 13.1. The summed E-state index contributed by atoms with van der Waals surface area (Å²) >= 11 is 0. The van der Waals surface area contributed by atoms with Crippen LogP contribution >= 0.6 is 0 Å². The van der Waals surface area contributed by atoms with Gasteiger partial charge in [0.15, 0.2) is 0 Å². The van der Waals surface area contributed by atoms with Gasteiger partial charge in [-0.2, -0.15) is 0 Å². The Bertz CT molecular complexity index is 863. The maximum Gasteiger partial charge on any atom is 0.326 e. The fourth-order valence-corrected chi connectivity index (χ4v) is 3.21. The molecule has 0 radical (unpaired) electrons. The summed E-state index contributed by atoms with van der Waals surface area (Å²) < 4.78 is 0. The lowest BCUT2D eigenvalue weighted by atomic mass is 10.0. The van der Waals surface area contributed by atoms with E-state index in [9.17, 15) is 29.1 Å². The number of nitrogens with two attached hydrogens (primary N) is 3. The smallest absolute Gasteiger partial charge is 0.326 e. The first kappa shape index (κ1) is 29.5. The number of primary amides is 1. The molecular formula is C23H36N6O6. The third-order valence-corrected chi connectivity index (χ3v) is 5.20. The summed E-state index contributed by atoms with van der Waals surface area (Å²) in [5.41, 5.74) is 16.9. The molecule has 0 aliphatic heterocycles. The van der Waals surface area contributed by atoms with Gasteiger partial charge in [-0.3, -0.25) is 19.2 Å². The molecule has 0 aliphatic rings. The molecule has 12 heteroatoms. The first-order valence-electron chi connectivity index (χ1n) is 11.5. The minimum Gasteiger partial charge on any atom is -0.480 e. The topological polar surface area (TPSA) is 220 Å². The Labute approximate surface area is 204 Å². The lowest BCUT2D eigenvalue weighted by molar-refractivity contribution is -0.142. The van der Waals surface area contributed by atoms with Crippen LogP contribution in [0.15, 0.2) is 30.3 Å². The van der Waals surface area contributed by atoms with E-state index in [4.69, 9.17) is 17.2 Å². The van der Waals surface area contributed by atoms with E-state index in [0.29, 0.717) is 19.4 Å². The van der Waals surface area contributed by atoms with Gasteiger partial charge in [0.25, 0.3) is 0 Å². The molecule has 4 atom stereocenters. The van der Waals surface area contributed by atoms with Gasteiger partial charge < -0.3 is 38.3 Å². The lowest BCUT2D eigenvalue weighted by Gasteiger charge is -2.25. The zero-order valence-electron chi connectivity index (χ0n) is 19.9. The number of carboxylic acids is 1. The predicted octanol–water partition coefficient (Wildman–Crippen LogP) is -1.49. The second-order valence-corrected chi connectivity index (χ2v) is 8.29. The van der Waals surface area contributed by atoms with Crippen molar-refractivity contribution in [1.29, 1.82) is 0 Å². The second kappa shape index (κ2) is 15.4. The summed E-state index contributed by atoms with van der Waals surface area (Å²) in [5, 5.41) is 17.0. The molecule has 0 spiro atoms. The van der Waals surface area contributed by atoms with E-state index in [-0.39, 0.29) is 25.7 Å². The number of hydrogen-bond donors (Lipinski definition) is 7. The molecule has 10 N–H and O–H groups in total. The van der Waals surface area contributed by atoms with Gasteiger partial charge in [-0.1, -0.05) is 30.3 Å². The maximum absolute atomic E-state index is 13.1. The molecule has 0 aliphatic carbocycles. The number of nitrogens with one attached hydrogen (secondary N) is 3. The van der Waals surface area contributed by atoms with Crippen molar-refractivity contribution in [3.8, 4) is 0 Å². The van der Waals surface area contributed by atoms with E-state index in [1.54, 1.807) is 30.3 Å². The molecule has 194 valence electrons. The lowest BCUT2D eigenvalue weighted by Crippen LogP contribution is -2.57. The Morgan fingerprint density at radius 3 is 1.97 bits per heavy atom. The summed E-state index contributed by atoms with van der Waals surface area (Å²) in [6.07, 6.45) is 1.06. The molecule has 0 saturated heterocycles. The van der Waals surface area contributed by atoms with Gasteiger partial charge in [-0.05, 0) is 44.7 Å². The third kappa shape index (κ3) is 11.5. The highest BCUT2D eigenvalue weighted by molar-refractivity contribution is 5.94. The zero-order valence-corrected chi connectivity index (χ0v) is 19.9. The molecule has 12 nitrogen and oxygen atoms in total. The minimum atomic E-state index is -1.20. The fourth-order valence-electron chi connectivity index (χ4n) is 3.21. The Balaban J connectivity index is 3.08. The molecule has 0 heterocycles. The molecule has 0 bridgehead atoms. The SMILES string of the molecule is CC(N)C(=O)NC(CCC(N)=O)C(=O)NC(Cc1ccccc1)C(=O)NC(CCCCN)C(=O)O. The fraction of sp³-hybridized carbons (Fsp3) is 0.522. The molecule has 4 amide bonds. The minimum absolute atomic E-state index is 0.0668. The number of aliphatic carboxylic acids is 1. The van der Waals surface area contributed by atoms with Crippen LogP contribution in [-0.4, -0.2) is 65.4 Å². The number of carboxylic acid groups (broad SMARTS) is 1. The van der Waals surface area contributed by atoms with Gasteiger partial charge in [0, 0.05) is 12.8 Å². The van der Waals surface area contributed by atoms with Crippen LogP contribution in [0, 0.1) is 0 Å². The number of carbonyl (C=O) groups excluding carboxylic acids is 4. The summed E-state index contributed by atoms with van der Waals surface area (Å²) in [6.45, 7) is 1.83. The van der Waals surface area contributed by atoms with Crippen LogP contribution in [0.25, 0.3) is 0 Å². The van der Waals surface area contributed by atoms with Crippen molar-refractivity contribution in [3.63, 3.8) is 0 Å². The number of amides is 4. The Morgan fingerprint density at radius 2 is 1.43 bits per heavy atom. The van der Waals surface area contributed by atoms with E-state index in [1.165, 1.54) is 6.92 Å². The average molecular weight is 493 g/mol. The van der Waals surface area contributed by atoms with Crippen molar-refractivity contribution in [2.24, 2.45) is 17.2 Å². The second-order valence-electron chi connectivity index (χ2n) is 8.29. The van der Waals surface area contributed by atoms with Crippen LogP contribution in [0.5, 0.6) is 0 Å². The van der Waals surface area contributed by atoms with Crippen LogP contribution in [0.1, 0.15) is 44.6 Å². The van der Waals surface area contributed by atoms with E-state index in [2.05, 4.69) is 16.0 Å². The number of rotatable bonds is 16. The predicted molar refractivity (Wildman–Crippen MR) is 129 cm³/mol. The van der Waals surface area contributed by atoms with Crippen LogP contribution in [0.2, 0.25) is 0 Å². The van der Waals surface area contributed by atoms with E-state index < -0.39 is 53.8 Å². The first-order valence-corrected chi connectivity index (χ1v) is 11.5. The van der Waals surface area contributed by atoms with Crippen molar-refractivity contribution >= 4 is 29.6 Å². The number of hydrogen-bond acceptors (Lipinski definition) is 7. The van der Waals surface area contributed by atoms with Crippen LogP contribution in [0.3, 0.4) is 0 Å². The summed E-state index contributed by atoms with van der Waals surface area (Å²) in [4.78, 5) is 61.0. The monoisotopic (exact) mass is 492 g/mol. The average Bonchev–Trinajstić information content (AvgIpc) is 2.80. The number of unbranched alkanes of at least 4 members (excludes halogenated alkanes) is 1. The number of carbonyl (C=O) groups is 5. The standard InChI is InChI=1S/C23H36N6O6/c1-14(25)20(31)27-16(10-11-19(26)30)21(32)29-18(13-15-7-3-2-4-8-15)22(33)28-17(23(34)35)9-5-6-12-24/h2-4,7-8,14,16-18H,5-6,9-13,24-25H2,1H3,(H2,26,30)(H,27,31)(H,28,33)(H,29,32)(H,34,35). The van der Waals surface area contributed by atoms with Crippen molar-refractivity contribution in [2.75, 3.05) is 6.54 Å². The molecule has 35 heavy (non-hydrogen) atoms. The van der Waals surface area contributed by atoms with Gasteiger partial charge in [0.2, 0.25) is 23.6 Å². The molecule has 4 unspecified atom stereocenters. The van der Waals surface area contributed by atoms with E-state index in [1.807, 2.05) is 0 Å². The van der Waals surface area contributed by atoms with Crippen molar-refractivity contribution in [2.45, 2.75) is 69.6 Å². The van der Waals surface area contributed by atoms with Crippen LogP contribution < -0.4 is 33.2 Å². The van der Waals surface area contributed by atoms with Gasteiger partial charge in [-0.25, -0.2) is 4.79 Å². The highest BCUT2D eigenvalue weighted by Gasteiger charge is 2.30. The number of benzene rings is 1. The molecule has 0 aromatic heterocycles. The largest absolute Gasteiger partial charge is 0.480 e. The molecule has 0 fully saturated rings. The van der Waals surface area contributed by atoms with Gasteiger partial charge in [0.05, 0.1) is 6.04 Å². The van der Waals surface area contributed by atoms with Gasteiger partial charge in [-0.15, -0.1) is 0 Å². The van der Waals surface area contributed by atoms with Crippen LogP contribution in [-0.2, 0) is 30.4 Å². The highest BCUT2D eigenvalue weighted by Crippen LogP contribution is 2.08. The zero-order chi connectivity index (χ0) is 26.4. The molecule has 1 aromatic rings. The third-order valence-electron chi connectivity index (χ3n) is 5.20. The quantitative estimate of drug-likeness (QED) is 0.134. The summed E-state index contributed by atoms with van der Waals surface area (Å²) in [5.74, 6) is -3.92. The van der Waals surface area contributed by atoms with Gasteiger partial charge in [0.1, 0.15) is 18.1 Å². The molecule has 1 aromatic carbocycles. The molecule has 0 saturated carbocycles. The van der Waals surface area contributed by atoms with Gasteiger partial charge >= 0.3 is 5.97 Å². The summed E-state index contributed by atoms with van der Waals surface area (Å²) in [7, 11) is 0. The molecule has 1 rings (SSSR count). The van der Waals surface area contributed by atoms with Crippen molar-refractivity contribution in [1.82, 2.24) is 16.0 Å². The Kier molecular flexibility index (Phi) is 13.0. The van der Waals surface area contributed by atoms with Crippen LogP contribution in [0.4, 0.5) is 0 Å². The molecular weight excluding hydrogens is 456 g/mol. The normalized spacial score (nSPS) is 14.1. The highest BCUT2D eigenvalue weighted by atomic mass is 16.4. The Morgan fingerprint density at radius 1 is 0.857 bits per heavy atom. The van der Waals surface area contributed by atoms with Crippen molar-refractivity contribution in [3.05, 3.63) is 35.9 Å². The van der Waals surface area contributed by atoms with Crippen molar-refractivity contribution < 1.29 is 29.1 Å². The van der Waals surface area contributed by atoms with E-state index >= 15 is 0 Å².